The van der Waals surface area contributed by atoms with Crippen LogP contribution < -0.4 is 10.0 Å². The predicted octanol–water partition coefficient (Wildman–Crippen LogP) is 3.28. The Kier molecular flexibility index (Phi) is 5.01. The molecule has 0 spiro atoms. The van der Waals surface area contributed by atoms with E-state index in [1.807, 2.05) is 30.3 Å². The van der Waals surface area contributed by atoms with Gasteiger partial charge in [-0.15, -0.1) is 0 Å². The number of halogens is 1. The lowest BCUT2D eigenvalue weighted by Crippen LogP contribution is -2.41. The van der Waals surface area contributed by atoms with Crippen molar-refractivity contribution < 1.29 is 17.6 Å². The molecule has 0 saturated carbocycles. The average molecular weight is 372 g/mol. The summed E-state index contributed by atoms with van der Waals surface area (Å²) < 4.78 is 40.4. The Labute approximate surface area is 150 Å². The number of benzene rings is 3. The van der Waals surface area contributed by atoms with Gasteiger partial charge in [0.2, 0.25) is 15.9 Å². The van der Waals surface area contributed by atoms with Crippen LogP contribution in [-0.2, 0) is 14.8 Å². The normalized spacial score (nSPS) is 12.7. The fourth-order valence-electron chi connectivity index (χ4n) is 2.53. The van der Waals surface area contributed by atoms with Crippen molar-refractivity contribution in [3.63, 3.8) is 0 Å². The van der Waals surface area contributed by atoms with E-state index in [0.29, 0.717) is 5.69 Å². The van der Waals surface area contributed by atoms with Crippen LogP contribution in [0.25, 0.3) is 10.8 Å². The van der Waals surface area contributed by atoms with Crippen molar-refractivity contribution in [3.05, 3.63) is 72.5 Å². The zero-order chi connectivity index (χ0) is 18.7. The van der Waals surface area contributed by atoms with Gasteiger partial charge in [0.25, 0.3) is 0 Å². The van der Waals surface area contributed by atoms with Crippen molar-refractivity contribution >= 4 is 32.4 Å². The zero-order valence-electron chi connectivity index (χ0n) is 13.9. The smallest absolute Gasteiger partial charge is 0.244 e. The molecule has 26 heavy (non-hydrogen) atoms. The molecule has 2 N–H and O–H groups in total. The lowest BCUT2D eigenvalue weighted by molar-refractivity contribution is -0.117. The number of carbonyl (C=O) groups is 1. The number of hydrogen-bond donors (Lipinski definition) is 2. The van der Waals surface area contributed by atoms with E-state index in [1.54, 1.807) is 12.1 Å². The maximum absolute atomic E-state index is 13.7. The second-order valence-electron chi connectivity index (χ2n) is 5.82. The van der Waals surface area contributed by atoms with Crippen LogP contribution in [0.2, 0.25) is 0 Å². The summed E-state index contributed by atoms with van der Waals surface area (Å²) in [6.45, 7) is 1.40. The average Bonchev–Trinajstić information content (AvgIpc) is 2.61. The van der Waals surface area contributed by atoms with Crippen LogP contribution in [0.4, 0.5) is 10.1 Å². The first-order chi connectivity index (χ1) is 12.4. The van der Waals surface area contributed by atoms with Gasteiger partial charge in [-0.3, -0.25) is 4.79 Å². The first-order valence-electron chi connectivity index (χ1n) is 7.93. The summed E-state index contributed by atoms with van der Waals surface area (Å²) in [7, 11) is -4.15. The standard InChI is InChI=1S/C19H17FN2O3S/c1-13(22-26(24,25)18-9-5-4-8-17(18)20)19(23)21-16-11-10-14-6-2-3-7-15(14)12-16/h2-13,22H,1H3,(H,21,23)/t13-/m0/s1. The molecule has 0 radical (unpaired) electrons. The Hall–Kier alpha value is -2.77. The summed E-state index contributed by atoms with van der Waals surface area (Å²) in [5, 5.41) is 4.64. The maximum Gasteiger partial charge on any atom is 0.244 e. The van der Waals surface area contributed by atoms with Crippen molar-refractivity contribution in [1.29, 1.82) is 0 Å². The van der Waals surface area contributed by atoms with E-state index in [2.05, 4.69) is 10.0 Å². The molecular weight excluding hydrogens is 355 g/mol. The summed E-state index contributed by atoms with van der Waals surface area (Å²) in [5.74, 6) is -1.41. The van der Waals surface area contributed by atoms with Crippen LogP contribution >= 0.6 is 0 Å². The number of carbonyl (C=O) groups excluding carboxylic acids is 1. The molecule has 0 aliphatic heterocycles. The molecule has 0 fully saturated rings. The van der Waals surface area contributed by atoms with Gasteiger partial charge >= 0.3 is 0 Å². The molecule has 0 aromatic heterocycles. The predicted molar refractivity (Wildman–Crippen MR) is 98.8 cm³/mol. The van der Waals surface area contributed by atoms with Crippen LogP contribution in [0.15, 0.2) is 71.6 Å². The van der Waals surface area contributed by atoms with Gasteiger partial charge in [-0.1, -0.05) is 42.5 Å². The summed E-state index contributed by atoms with van der Waals surface area (Å²) in [6.07, 6.45) is 0. The summed E-state index contributed by atoms with van der Waals surface area (Å²) in [5.41, 5.74) is 0.547. The second kappa shape index (κ2) is 7.23. The third-order valence-corrected chi connectivity index (χ3v) is 5.44. The molecule has 134 valence electrons. The van der Waals surface area contributed by atoms with Gasteiger partial charge in [0, 0.05) is 5.69 Å². The number of fused-ring (bicyclic) bond motifs is 1. The first kappa shape index (κ1) is 18.0. The summed E-state index contributed by atoms with van der Waals surface area (Å²) in [6, 6.07) is 17.0. The van der Waals surface area contributed by atoms with Gasteiger partial charge in [-0.2, -0.15) is 4.72 Å². The van der Waals surface area contributed by atoms with Crippen LogP contribution in [0.1, 0.15) is 6.92 Å². The highest BCUT2D eigenvalue weighted by atomic mass is 32.2. The Morgan fingerprint density at radius 3 is 2.35 bits per heavy atom. The van der Waals surface area contributed by atoms with E-state index in [9.17, 15) is 17.6 Å². The highest BCUT2D eigenvalue weighted by Gasteiger charge is 2.24. The number of anilines is 1. The lowest BCUT2D eigenvalue weighted by atomic mass is 10.1. The fraction of sp³-hybridized carbons (Fsp3) is 0.105. The molecule has 0 aliphatic rings. The van der Waals surface area contributed by atoms with E-state index >= 15 is 0 Å². The van der Waals surface area contributed by atoms with Gasteiger partial charge in [0.05, 0.1) is 6.04 Å². The van der Waals surface area contributed by atoms with Gasteiger partial charge in [-0.05, 0) is 42.0 Å². The minimum Gasteiger partial charge on any atom is -0.325 e. The number of sulfonamides is 1. The largest absolute Gasteiger partial charge is 0.325 e. The van der Waals surface area contributed by atoms with Gasteiger partial charge in [0.1, 0.15) is 10.7 Å². The Balaban J connectivity index is 1.74. The molecule has 0 heterocycles. The fourth-order valence-corrected chi connectivity index (χ4v) is 3.81. The Bertz CT molecular complexity index is 1070. The SMILES string of the molecule is C[C@H](NS(=O)(=O)c1ccccc1F)C(=O)Nc1ccc2ccccc2c1. The van der Waals surface area contributed by atoms with Crippen LogP contribution in [0, 0.1) is 5.82 Å². The molecule has 7 heteroatoms. The lowest BCUT2D eigenvalue weighted by Gasteiger charge is -2.15. The molecule has 0 bridgehead atoms. The highest BCUT2D eigenvalue weighted by Crippen LogP contribution is 2.19. The van der Waals surface area contributed by atoms with E-state index in [-0.39, 0.29) is 0 Å². The topological polar surface area (TPSA) is 75.3 Å². The minimum atomic E-state index is -4.15. The van der Waals surface area contributed by atoms with E-state index < -0.39 is 32.7 Å². The molecule has 0 unspecified atom stereocenters. The molecule has 0 saturated heterocycles. The second-order valence-corrected chi connectivity index (χ2v) is 7.51. The number of rotatable bonds is 5. The number of amides is 1. The molecule has 0 aliphatic carbocycles. The summed E-state index contributed by atoms with van der Waals surface area (Å²) in [4.78, 5) is 11.8. The molecule has 1 atom stereocenters. The minimum absolute atomic E-state index is 0.495. The monoisotopic (exact) mass is 372 g/mol. The highest BCUT2D eigenvalue weighted by molar-refractivity contribution is 7.89. The van der Waals surface area contributed by atoms with Crippen molar-refractivity contribution in [2.75, 3.05) is 5.32 Å². The van der Waals surface area contributed by atoms with Gasteiger partial charge in [0.15, 0.2) is 0 Å². The molecule has 3 rings (SSSR count). The van der Waals surface area contributed by atoms with Crippen molar-refractivity contribution in [2.45, 2.75) is 17.9 Å². The number of nitrogens with one attached hydrogen (secondary N) is 2. The summed E-state index contributed by atoms with van der Waals surface area (Å²) >= 11 is 0. The van der Waals surface area contributed by atoms with Crippen LogP contribution in [0.3, 0.4) is 0 Å². The third-order valence-electron chi connectivity index (χ3n) is 3.87. The van der Waals surface area contributed by atoms with Gasteiger partial charge < -0.3 is 5.32 Å². The Morgan fingerprint density at radius 1 is 0.962 bits per heavy atom. The molecule has 3 aromatic carbocycles. The molecular formula is C19H17FN2O3S. The third kappa shape index (κ3) is 3.89. The molecule has 3 aromatic rings. The first-order valence-corrected chi connectivity index (χ1v) is 9.42. The van der Waals surface area contributed by atoms with E-state index in [4.69, 9.17) is 0 Å². The number of hydrogen-bond acceptors (Lipinski definition) is 3. The van der Waals surface area contributed by atoms with Crippen molar-refractivity contribution in [2.24, 2.45) is 0 Å². The van der Waals surface area contributed by atoms with Crippen molar-refractivity contribution in [3.8, 4) is 0 Å². The quantitative estimate of drug-likeness (QED) is 0.722. The Morgan fingerprint density at radius 2 is 1.62 bits per heavy atom. The van der Waals surface area contributed by atoms with E-state index in [0.717, 1.165) is 22.9 Å². The van der Waals surface area contributed by atoms with Gasteiger partial charge in [-0.25, -0.2) is 12.8 Å². The molecule has 5 nitrogen and oxygen atoms in total. The van der Waals surface area contributed by atoms with Crippen LogP contribution in [-0.4, -0.2) is 20.4 Å². The maximum atomic E-state index is 13.7. The zero-order valence-corrected chi connectivity index (χ0v) is 14.8. The van der Waals surface area contributed by atoms with E-state index in [1.165, 1.54) is 19.1 Å². The molecule has 1 amide bonds. The van der Waals surface area contributed by atoms with Crippen LogP contribution in [0.5, 0.6) is 0 Å². The van der Waals surface area contributed by atoms with Crippen molar-refractivity contribution in [1.82, 2.24) is 4.72 Å².